The van der Waals surface area contributed by atoms with Crippen molar-refractivity contribution in [2.45, 2.75) is 12.6 Å². The molecule has 0 fully saturated rings. The maximum absolute atomic E-state index is 10.6. The lowest BCUT2D eigenvalue weighted by atomic mass is 10.2. The number of nitro benzene ring substituents is 1. The molecule has 0 aliphatic rings. The first-order valence-corrected chi connectivity index (χ1v) is 6.10. The maximum atomic E-state index is 10.6. The number of non-ortho nitro benzene ring substituents is 1. The summed E-state index contributed by atoms with van der Waals surface area (Å²) in [5, 5.41) is 20.5. The van der Waals surface area contributed by atoms with Crippen LogP contribution in [0.1, 0.15) is 5.56 Å². The van der Waals surface area contributed by atoms with Gasteiger partial charge in [0.1, 0.15) is 0 Å². The van der Waals surface area contributed by atoms with Crippen molar-refractivity contribution < 1.29 is 14.8 Å². The van der Waals surface area contributed by atoms with E-state index in [1.807, 2.05) is 11.9 Å². The number of aliphatic hydroxyl groups is 1. The van der Waals surface area contributed by atoms with Crippen molar-refractivity contribution in [3.8, 4) is 0 Å². The molecule has 7 heteroatoms. The first-order valence-electron chi connectivity index (χ1n) is 5.72. The third-order valence-corrected chi connectivity index (χ3v) is 2.92. The molecule has 0 aliphatic carbocycles. The zero-order valence-corrected chi connectivity index (χ0v) is 11.6. The van der Waals surface area contributed by atoms with Gasteiger partial charge in [0, 0.05) is 32.3 Å². The van der Waals surface area contributed by atoms with Crippen molar-refractivity contribution in [1.82, 2.24) is 4.90 Å². The first-order chi connectivity index (χ1) is 8.93. The van der Waals surface area contributed by atoms with Gasteiger partial charge in [-0.05, 0) is 18.7 Å². The van der Waals surface area contributed by atoms with Crippen molar-refractivity contribution >= 4 is 17.3 Å². The van der Waals surface area contributed by atoms with Crippen LogP contribution in [0, 0.1) is 10.1 Å². The molecule has 6 nitrogen and oxygen atoms in total. The van der Waals surface area contributed by atoms with E-state index in [-0.39, 0.29) is 12.3 Å². The molecule has 0 heterocycles. The molecule has 0 spiro atoms. The molecule has 1 N–H and O–H groups in total. The van der Waals surface area contributed by atoms with Crippen LogP contribution in [0.15, 0.2) is 18.2 Å². The van der Waals surface area contributed by atoms with Gasteiger partial charge in [-0.1, -0.05) is 11.6 Å². The highest BCUT2D eigenvalue weighted by molar-refractivity contribution is 6.31. The lowest BCUT2D eigenvalue weighted by molar-refractivity contribution is -0.384. The number of ether oxygens (including phenoxy) is 1. The Morgan fingerprint density at radius 2 is 2.26 bits per heavy atom. The number of likely N-dealkylation sites (N-methyl/N-ethyl adjacent to an activating group) is 1. The van der Waals surface area contributed by atoms with E-state index in [9.17, 15) is 15.2 Å². The van der Waals surface area contributed by atoms with Crippen molar-refractivity contribution in [3.63, 3.8) is 0 Å². The normalized spacial score (nSPS) is 12.7. The highest BCUT2D eigenvalue weighted by Gasteiger charge is 2.13. The van der Waals surface area contributed by atoms with E-state index in [0.29, 0.717) is 18.1 Å². The smallest absolute Gasteiger partial charge is 0.270 e. The third-order valence-electron chi connectivity index (χ3n) is 2.57. The topological polar surface area (TPSA) is 75.8 Å². The standard InChI is InChI=1S/C12H17ClN2O4/c1-14(7-11(16)8-19-2)6-9-3-4-10(15(17)18)5-12(9)13/h3-5,11,16H,6-8H2,1-2H3. The summed E-state index contributed by atoms with van der Waals surface area (Å²) in [6.07, 6.45) is -0.577. The fourth-order valence-electron chi connectivity index (χ4n) is 1.74. The number of halogens is 1. The molecule has 1 aromatic rings. The van der Waals surface area contributed by atoms with Crippen LogP contribution in [0.5, 0.6) is 0 Å². The molecule has 106 valence electrons. The Kier molecular flexibility index (Phi) is 6.17. The summed E-state index contributed by atoms with van der Waals surface area (Å²) in [6.45, 7) is 1.19. The molecule has 1 unspecified atom stereocenters. The van der Waals surface area contributed by atoms with Gasteiger partial charge in [-0.15, -0.1) is 0 Å². The van der Waals surface area contributed by atoms with Crippen molar-refractivity contribution in [2.75, 3.05) is 27.3 Å². The van der Waals surface area contributed by atoms with Crippen LogP contribution in [0.25, 0.3) is 0 Å². The quantitative estimate of drug-likeness (QED) is 0.610. The lowest BCUT2D eigenvalue weighted by Crippen LogP contribution is -2.31. The van der Waals surface area contributed by atoms with Crippen LogP contribution in [0.3, 0.4) is 0 Å². The Morgan fingerprint density at radius 3 is 2.79 bits per heavy atom. The van der Waals surface area contributed by atoms with Crippen LogP contribution in [-0.4, -0.2) is 48.3 Å². The van der Waals surface area contributed by atoms with E-state index in [1.54, 1.807) is 6.07 Å². The minimum Gasteiger partial charge on any atom is -0.389 e. The Balaban J connectivity index is 2.64. The summed E-state index contributed by atoms with van der Waals surface area (Å²) in [5.41, 5.74) is 0.746. The van der Waals surface area contributed by atoms with Crippen molar-refractivity contribution in [2.24, 2.45) is 0 Å². The minimum atomic E-state index is -0.577. The summed E-state index contributed by atoms with van der Waals surface area (Å²) in [7, 11) is 3.35. The predicted octanol–water partition coefficient (Wildman–Crippen LogP) is 1.69. The molecular weight excluding hydrogens is 272 g/mol. The average molecular weight is 289 g/mol. The SMILES string of the molecule is COCC(O)CN(C)Cc1ccc([N+](=O)[O-])cc1Cl. The van der Waals surface area contributed by atoms with Crippen molar-refractivity contribution in [1.29, 1.82) is 0 Å². The molecule has 0 bridgehead atoms. The summed E-state index contributed by atoms with van der Waals surface area (Å²) >= 11 is 6.00. The molecule has 0 saturated heterocycles. The molecule has 19 heavy (non-hydrogen) atoms. The van der Waals surface area contributed by atoms with Gasteiger partial charge in [0.25, 0.3) is 5.69 Å². The number of methoxy groups -OCH3 is 1. The van der Waals surface area contributed by atoms with Crippen LogP contribution < -0.4 is 0 Å². The van der Waals surface area contributed by atoms with Gasteiger partial charge in [-0.3, -0.25) is 15.0 Å². The summed E-state index contributed by atoms with van der Waals surface area (Å²) < 4.78 is 4.84. The van der Waals surface area contributed by atoms with Gasteiger partial charge in [-0.25, -0.2) is 0 Å². The zero-order valence-electron chi connectivity index (χ0n) is 10.9. The van der Waals surface area contributed by atoms with Crippen LogP contribution in [0.2, 0.25) is 5.02 Å². The number of rotatable bonds is 7. The maximum Gasteiger partial charge on any atom is 0.270 e. The van der Waals surface area contributed by atoms with E-state index in [4.69, 9.17) is 16.3 Å². The molecule has 0 aliphatic heterocycles. The van der Waals surface area contributed by atoms with E-state index >= 15 is 0 Å². The fourth-order valence-corrected chi connectivity index (χ4v) is 1.97. The van der Waals surface area contributed by atoms with Gasteiger partial charge >= 0.3 is 0 Å². The van der Waals surface area contributed by atoms with Gasteiger partial charge < -0.3 is 9.84 Å². The molecule has 0 saturated carbocycles. The Morgan fingerprint density at radius 1 is 1.58 bits per heavy atom. The first kappa shape index (κ1) is 15.8. The zero-order chi connectivity index (χ0) is 14.4. The van der Waals surface area contributed by atoms with E-state index in [1.165, 1.54) is 19.2 Å². The number of hydrogen-bond donors (Lipinski definition) is 1. The molecule has 1 atom stereocenters. The Labute approximate surface area is 116 Å². The second-order valence-corrected chi connectivity index (χ2v) is 4.75. The van der Waals surface area contributed by atoms with Gasteiger partial charge in [-0.2, -0.15) is 0 Å². The highest BCUT2D eigenvalue weighted by atomic mass is 35.5. The summed E-state index contributed by atoms with van der Waals surface area (Å²) in [6, 6.07) is 4.37. The predicted molar refractivity (Wildman–Crippen MR) is 72.3 cm³/mol. The molecule has 0 amide bonds. The molecule has 1 aromatic carbocycles. The van der Waals surface area contributed by atoms with Gasteiger partial charge in [0.05, 0.1) is 22.7 Å². The third kappa shape index (κ3) is 5.12. The van der Waals surface area contributed by atoms with Gasteiger partial charge in [0.15, 0.2) is 0 Å². The van der Waals surface area contributed by atoms with Crippen LogP contribution >= 0.6 is 11.6 Å². The Hall–Kier alpha value is -1.21. The molecular formula is C12H17ClN2O4. The van der Waals surface area contributed by atoms with Crippen LogP contribution in [-0.2, 0) is 11.3 Å². The summed E-state index contributed by atoms with van der Waals surface area (Å²) in [5.74, 6) is 0. The van der Waals surface area contributed by atoms with E-state index in [0.717, 1.165) is 5.56 Å². The van der Waals surface area contributed by atoms with Crippen molar-refractivity contribution in [3.05, 3.63) is 38.9 Å². The minimum absolute atomic E-state index is 0.0316. The monoisotopic (exact) mass is 288 g/mol. The number of nitro groups is 1. The number of aliphatic hydroxyl groups excluding tert-OH is 1. The second-order valence-electron chi connectivity index (χ2n) is 4.34. The Bertz CT molecular complexity index is 442. The number of nitrogens with zero attached hydrogens (tertiary/aromatic N) is 2. The number of hydrogen-bond acceptors (Lipinski definition) is 5. The number of benzene rings is 1. The van der Waals surface area contributed by atoms with Gasteiger partial charge in [0.2, 0.25) is 0 Å². The highest BCUT2D eigenvalue weighted by Crippen LogP contribution is 2.23. The molecule has 0 radical (unpaired) electrons. The van der Waals surface area contributed by atoms with E-state index in [2.05, 4.69) is 0 Å². The largest absolute Gasteiger partial charge is 0.389 e. The second kappa shape index (κ2) is 7.40. The lowest BCUT2D eigenvalue weighted by Gasteiger charge is -2.20. The average Bonchev–Trinajstić information content (AvgIpc) is 2.31. The molecule has 1 rings (SSSR count). The fraction of sp³-hybridized carbons (Fsp3) is 0.500. The van der Waals surface area contributed by atoms with E-state index < -0.39 is 11.0 Å². The molecule has 0 aromatic heterocycles. The summed E-state index contributed by atoms with van der Waals surface area (Å²) in [4.78, 5) is 12.0. The van der Waals surface area contributed by atoms with Crippen LogP contribution in [0.4, 0.5) is 5.69 Å².